The van der Waals surface area contributed by atoms with Crippen molar-refractivity contribution in [1.29, 1.82) is 0 Å². The highest BCUT2D eigenvalue weighted by molar-refractivity contribution is 5.82. The number of nitrogens with one attached hydrogen (secondary N) is 1. The number of methoxy groups -OCH3 is 1. The molecule has 1 saturated carbocycles. The Labute approximate surface area is 112 Å². The Morgan fingerprint density at radius 2 is 2.16 bits per heavy atom. The van der Waals surface area contributed by atoms with Gasteiger partial charge in [0.05, 0.1) is 6.61 Å². The molecule has 2 amide bonds. The fraction of sp³-hybridized carbons (Fsp3) is 0.833. The minimum absolute atomic E-state index is 0.120. The smallest absolute Gasteiger partial charge is 0.326 e. The Kier molecular flexibility index (Phi) is 6.58. The first-order valence-electron chi connectivity index (χ1n) is 6.50. The highest BCUT2D eigenvalue weighted by Crippen LogP contribution is 2.26. The number of aliphatic hydroxyl groups is 1. The van der Waals surface area contributed by atoms with E-state index in [0.717, 1.165) is 12.8 Å². The Morgan fingerprint density at radius 1 is 1.47 bits per heavy atom. The molecule has 1 atom stereocenters. The number of carbonyl (C=O) groups is 2. The highest BCUT2D eigenvalue weighted by atomic mass is 16.5. The van der Waals surface area contributed by atoms with E-state index in [-0.39, 0.29) is 19.2 Å². The van der Waals surface area contributed by atoms with Crippen LogP contribution in [-0.2, 0) is 9.53 Å². The SMILES string of the molecule is COCCCC(NC(=O)N(CCO)C1CC1)C(=O)O. The van der Waals surface area contributed by atoms with Crippen molar-refractivity contribution in [2.75, 3.05) is 26.9 Å². The van der Waals surface area contributed by atoms with Gasteiger partial charge in [0.15, 0.2) is 0 Å². The average molecular weight is 274 g/mol. The Balaban J connectivity index is 2.46. The monoisotopic (exact) mass is 274 g/mol. The van der Waals surface area contributed by atoms with Gasteiger partial charge in [0.2, 0.25) is 0 Å². The summed E-state index contributed by atoms with van der Waals surface area (Å²) in [6, 6.07) is -1.19. The minimum atomic E-state index is -1.05. The van der Waals surface area contributed by atoms with E-state index in [4.69, 9.17) is 14.9 Å². The van der Waals surface area contributed by atoms with Crippen LogP contribution in [0.5, 0.6) is 0 Å². The zero-order valence-corrected chi connectivity index (χ0v) is 11.2. The standard InChI is InChI=1S/C12H22N2O5/c1-19-8-2-3-10(11(16)17)13-12(18)14(6-7-15)9-4-5-9/h9-10,15H,2-8H2,1H3,(H,13,18)(H,16,17). The summed E-state index contributed by atoms with van der Waals surface area (Å²) in [5.41, 5.74) is 0. The lowest BCUT2D eigenvalue weighted by Crippen LogP contribution is -2.49. The topological polar surface area (TPSA) is 99.1 Å². The van der Waals surface area contributed by atoms with Gasteiger partial charge in [-0.05, 0) is 25.7 Å². The molecule has 1 aliphatic rings. The number of rotatable bonds is 9. The van der Waals surface area contributed by atoms with Crippen molar-refractivity contribution in [3.63, 3.8) is 0 Å². The van der Waals surface area contributed by atoms with Gasteiger partial charge in [0, 0.05) is 26.3 Å². The number of carbonyl (C=O) groups excluding carboxylic acids is 1. The lowest BCUT2D eigenvalue weighted by atomic mass is 10.1. The molecule has 19 heavy (non-hydrogen) atoms. The zero-order chi connectivity index (χ0) is 14.3. The summed E-state index contributed by atoms with van der Waals surface area (Å²) in [6.45, 7) is 0.578. The summed E-state index contributed by atoms with van der Waals surface area (Å²) in [5, 5.41) is 20.5. The molecule has 0 aromatic carbocycles. The number of hydrogen-bond donors (Lipinski definition) is 3. The first-order valence-corrected chi connectivity index (χ1v) is 6.50. The first kappa shape index (κ1) is 15.7. The fourth-order valence-electron chi connectivity index (χ4n) is 1.87. The second-order valence-corrected chi connectivity index (χ2v) is 4.62. The molecule has 0 heterocycles. The van der Waals surface area contributed by atoms with Crippen LogP contribution < -0.4 is 5.32 Å². The molecule has 110 valence electrons. The summed E-state index contributed by atoms with van der Waals surface area (Å²) in [5.74, 6) is -1.05. The van der Waals surface area contributed by atoms with Gasteiger partial charge in [-0.1, -0.05) is 0 Å². The number of aliphatic carboxylic acids is 1. The Bertz CT molecular complexity index is 306. The van der Waals surface area contributed by atoms with Crippen molar-refractivity contribution in [3.8, 4) is 0 Å². The molecule has 1 aliphatic carbocycles. The third kappa shape index (κ3) is 5.44. The van der Waals surface area contributed by atoms with Crippen LogP contribution >= 0.6 is 0 Å². The van der Waals surface area contributed by atoms with Gasteiger partial charge >= 0.3 is 12.0 Å². The van der Waals surface area contributed by atoms with Crippen LogP contribution in [0.2, 0.25) is 0 Å². The van der Waals surface area contributed by atoms with E-state index in [1.54, 1.807) is 7.11 Å². The summed E-state index contributed by atoms with van der Waals surface area (Å²) >= 11 is 0. The molecule has 3 N–H and O–H groups in total. The molecule has 0 bridgehead atoms. The number of carboxylic acid groups (broad SMARTS) is 1. The molecule has 1 fully saturated rings. The van der Waals surface area contributed by atoms with Crippen LogP contribution in [0.25, 0.3) is 0 Å². The van der Waals surface area contributed by atoms with E-state index in [1.807, 2.05) is 0 Å². The van der Waals surface area contributed by atoms with Crippen molar-refractivity contribution in [2.45, 2.75) is 37.8 Å². The fourth-order valence-corrected chi connectivity index (χ4v) is 1.87. The Hall–Kier alpha value is -1.34. The predicted octanol–water partition coefficient (Wildman–Crippen LogP) is 0.0325. The second-order valence-electron chi connectivity index (χ2n) is 4.62. The highest BCUT2D eigenvalue weighted by Gasteiger charge is 2.33. The number of aliphatic hydroxyl groups excluding tert-OH is 1. The van der Waals surface area contributed by atoms with Crippen molar-refractivity contribution in [3.05, 3.63) is 0 Å². The summed E-state index contributed by atoms with van der Waals surface area (Å²) < 4.78 is 4.86. The molecule has 1 unspecified atom stereocenters. The molecule has 7 heteroatoms. The zero-order valence-electron chi connectivity index (χ0n) is 11.2. The maximum Gasteiger partial charge on any atom is 0.326 e. The molecule has 7 nitrogen and oxygen atoms in total. The quantitative estimate of drug-likeness (QED) is 0.515. The van der Waals surface area contributed by atoms with Gasteiger partial charge in [-0.2, -0.15) is 0 Å². The van der Waals surface area contributed by atoms with E-state index >= 15 is 0 Å². The van der Waals surface area contributed by atoms with Crippen LogP contribution in [0.4, 0.5) is 4.79 Å². The maximum atomic E-state index is 12.0. The van der Waals surface area contributed by atoms with E-state index < -0.39 is 18.0 Å². The van der Waals surface area contributed by atoms with Crippen molar-refractivity contribution >= 4 is 12.0 Å². The van der Waals surface area contributed by atoms with Crippen molar-refractivity contribution in [2.24, 2.45) is 0 Å². The van der Waals surface area contributed by atoms with Gasteiger partial charge in [0.25, 0.3) is 0 Å². The van der Waals surface area contributed by atoms with E-state index in [9.17, 15) is 9.59 Å². The van der Waals surface area contributed by atoms with Gasteiger partial charge in [-0.25, -0.2) is 9.59 Å². The molecule has 0 aromatic heterocycles. The predicted molar refractivity (Wildman–Crippen MR) is 67.9 cm³/mol. The van der Waals surface area contributed by atoms with Crippen LogP contribution in [0.3, 0.4) is 0 Å². The number of nitrogens with zero attached hydrogens (tertiary/aromatic N) is 1. The number of ether oxygens (including phenoxy) is 1. The summed E-state index contributed by atoms with van der Waals surface area (Å²) in [7, 11) is 1.55. The molecular formula is C12H22N2O5. The maximum absolute atomic E-state index is 12.0. The average Bonchev–Trinajstić information content (AvgIpc) is 3.18. The van der Waals surface area contributed by atoms with Crippen molar-refractivity contribution in [1.82, 2.24) is 10.2 Å². The molecule has 0 aromatic rings. The summed E-state index contributed by atoms with van der Waals surface area (Å²) in [4.78, 5) is 24.5. The van der Waals surface area contributed by atoms with Crippen LogP contribution in [0.1, 0.15) is 25.7 Å². The van der Waals surface area contributed by atoms with E-state index in [1.165, 1.54) is 4.90 Å². The first-order chi connectivity index (χ1) is 9.10. The largest absolute Gasteiger partial charge is 0.480 e. The minimum Gasteiger partial charge on any atom is -0.480 e. The van der Waals surface area contributed by atoms with Gasteiger partial charge in [0.1, 0.15) is 6.04 Å². The van der Waals surface area contributed by atoms with Gasteiger partial charge < -0.3 is 25.2 Å². The molecule has 0 spiro atoms. The molecule has 0 radical (unpaired) electrons. The molecule has 0 saturated heterocycles. The van der Waals surface area contributed by atoms with Gasteiger partial charge in [-0.15, -0.1) is 0 Å². The molecule has 1 rings (SSSR count). The van der Waals surface area contributed by atoms with Crippen molar-refractivity contribution < 1.29 is 24.5 Å². The lowest BCUT2D eigenvalue weighted by Gasteiger charge is -2.24. The number of amides is 2. The van der Waals surface area contributed by atoms with Crippen LogP contribution in [-0.4, -0.2) is 66.1 Å². The van der Waals surface area contributed by atoms with E-state index in [0.29, 0.717) is 19.4 Å². The molecule has 0 aliphatic heterocycles. The number of carboxylic acids is 1. The van der Waals surface area contributed by atoms with Crippen LogP contribution in [0, 0.1) is 0 Å². The van der Waals surface area contributed by atoms with E-state index in [2.05, 4.69) is 5.32 Å². The van der Waals surface area contributed by atoms with Gasteiger partial charge in [-0.3, -0.25) is 0 Å². The van der Waals surface area contributed by atoms with Crippen LogP contribution in [0.15, 0.2) is 0 Å². The molecular weight excluding hydrogens is 252 g/mol. The third-order valence-corrected chi connectivity index (χ3v) is 3.03. The lowest BCUT2D eigenvalue weighted by molar-refractivity contribution is -0.139. The normalized spacial score (nSPS) is 15.9. The number of urea groups is 1. The second kappa shape index (κ2) is 7.96. The Morgan fingerprint density at radius 3 is 2.63 bits per heavy atom. The third-order valence-electron chi connectivity index (χ3n) is 3.03. The number of hydrogen-bond acceptors (Lipinski definition) is 4. The summed E-state index contributed by atoms with van der Waals surface area (Å²) in [6.07, 6.45) is 2.72.